The molecule has 13 heavy (non-hydrogen) atoms. The van der Waals surface area contributed by atoms with Crippen molar-refractivity contribution in [2.24, 2.45) is 0 Å². The van der Waals surface area contributed by atoms with Crippen LogP contribution in [0, 0.1) is 0 Å². The summed E-state index contributed by atoms with van der Waals surface area (Å²) in [6.07, 6.45) is 2.98. The minimum Gasteiger partial charge on any atom is -0.378 e. The Morgan fingerprint density at radius 1 is 1.62 bits per heavy atom. The molecule has 3 heteroatoms. The first-order chi connectivity index (χ1) is 6.33. The molecule has 0 aromatic carbocycles. The highest BCUT2D eigenvalue weighted by Crippen LogP contribution is 2.15. The maximum atomic E-state index is 5.60. The third kappa shape index (κ3) is 4.89. The summed E-state index contributed by atoms with van der Waals surface area (Å²) in [5, 5.41) is 0. The molecule has 1 aliphatic rings. The lowest BCUT2D eigenvalue weighted by molar-refractivity contribution is 0.0139. The van der Waals surface area contributed by atoms with Gasteiger partial charge in [-0.3, -0.25) is 0 Å². The number of hydrogen-bond acceptors (Lipinski definition) is 3. The van der Waals surface area contributed by atoms with Crippen LogP contribution >= 0.6 is 11.8 Å². The van der Waals surface area contributed by atoms with Gasteiger partial charge in [0.05, 0.1) is 18.8 Å². The van der Waals surface area contributed by atoms with E-state index in [9.17, 15) is 0 Å². The van der Waals surface area contributed by atoms with E-state index in [1.807, 2.05) is 11.8 Å². The van der Waals surface area contributed by atoms with Crippen LogP contribution in [0.2, 0.25) is 0 Å². The smallest absolute Gasteiger partial charge is 0.0687 e. The van der Waals surface area contributed by atoms with E-state index in [1.54, 1.807) is 0 Å². The molecule has 0 radical (unpaired) electrons. The molecule has 2 nitrogen and oxygen atoms in total. The zero-order chi connectivity index (χ0) is 9.52. The highest BCUT2D eigenvalue weighted by molar-refractivity contribution is 7.99. The normalized spacial score (nSPS) is 25.8. The molecule has 2 unspecified atom stereocenters. The SMILES string of the molecule is CCC(C)OCCC1CSCCO1. The van der Waals surface area contributed by atoms with Crippen LogP contribution in [0.1, 0.15) is 26.7 Å². The van der Waals surface area contributed by atoms with Crippen molar-refractivity contribution in [1.82, 2.24) is 0 Å². The third-order valence-corrected chi connectivity index (χ3v) is 3.36. The van der Waals surface area contributed by atoms with Gasteiger partial charge in [-0.05, 0) is 19.8 Å². The van der Waals surface area contributed by atoms with Gasteiger partial charge in [0.25, 0.3) is 0 Å². The van der Waals surface area contributed by atoms with Crippen LogP contribution in [-0.4, -0.2) is 36.9 Å². The van der Waals surface area contributed by atoms with Gasteiger partial charge < -0.3 is 9.47 Å². The number of hydrogen-bond donors (Lipinski definition) is 0. The second-order valence-electron chi connectivity index (χ2n) is 3.45. The van der Waals surface area contributed by atoms with E-state index in [0.717, 1.165) is 37.6 Å². The number of rotatable bonds is 5. The maximum absolute atomic E-state index is 5.60. The fourth-order valence-corrected chi connectivity index (χ4v) is 2.13. The fourth-order valence-electron chi connectivity index (χ4n) is 1.22. The monoisotopic (exact) mass is 204 g/mol. The molecule has 0 saturated carbocycles. The van der Waals surface area contributed by atoms with E-state index >= 15 is 0 Å². The van der Waals surface area contributed by atoms with E-state index in [0.29, 0.717) is 12.2 Å². The maximum Gasteiger partial charge on any atom is 0.0687 e. The van der Waals surface area contributed by atoms with Crippen molar-refractivity contribution in [3.05, 3.63) is 0 Å². The van der Waals surface area contributed by atoms with Crippen LogP contribution in [0.4, 0.5) is 0 Å². The van der Waals surface area contributed by atoms with Gasteiger partial charge in [0.2, 0.25) is 0 Å². The average molecular weight is 204 g/mol. The first-order valence-corrected chi connectivity index (χ1v) is 6.29. The van der Waals surface area contributed by atoms with Crippen LogP contribution < -0.4 is 0 Å². The molecule has 1 aliphatic heterocycles. The summed E-state index contributed by atoms with van der Waals surface area (Å²) < 4.78 is 11.2. The second-order valence-corrected chi connectivity index (χ2v) is 4.60. The lowest BCUT2D eigenvalue weighted by atomic mass is 10.3. The molecule has 78 valence electrons. The van der Waals surface area contributed by atoms with Crippen molar-refractivity contribution in [2.45, 2.75) is 38.9 Å². The van der Waals surface area contributed by atoms with Crippen molar-refractivity contribution < 1.29 is 9.47 Å². The van der Waals surface area contributed by atoms with E-state index in [2.05, 4.69) is 13.8 Å². The zero-order valence-electron chi connectivity index (χ0n) is 8.62. The topological polar surface area (TPSA) is 18.5 Å². The molecule has 1 fully saturated rings. The molecular formula is C10H20O2S. The predicted octanol–water partition coefficient (Wildman–Crippen LogP) is 2.32. The Hall–Kier alpha value is 0.270. The first kappa shape index (κ1) is 11.3. The van der Waals surface area contributed by atoms with Crippen LogP contribution in [-0.2, 0) is 9.47 Å². The van der Waals surface area contributed by atoms with Crippen molar-refractivity contribution >= 4 is 11.8 Å². The Labute approximate surface area is 85.4 Å². The lowest BCUT2D eigenvalue weighted by Crippen LogP contribution is -2.25. The van der Waals surface area contributed by atoms with Crippen LogP contribution in [0.15, 0.2) is 0 Å². The summed E-state index contributed by atoms with van der Waals surface area (Å²) >= 11 is 1.99. The van der Waals surface area contributed by atoms with Crippen molar-refractivity contribution in [2.75, 3.05) is 24.7 Å². The summed E-state index contributed by atoms with van der Waals surface area (Å²) in [5.74, 6) is 2.30. The summed E-state index contributed by atoms with van der Waals surface area (Å²) in [6.45, 7) is 6.03. The molecule has 1 heterocycles. The molecule has 0 aromatic heterocycles. The largest absolute Gasteiger partial charge is 0.378 e. The first-order valence-electron chi connectivity index (χ1n) is 5.14. The van der Waals surface area contributed by atoms with Crippen LogP contribution in [0.5, 0.6) is 0 Å². The average Bonchev–Trinajstić information content (AvgIpc) is 2.19. The third-order valence-electron chi connectivity index (χ3n) is 2.30. The molecule has 0 aromatic rings. The zero-order valence-corrected chi connectivity index (χ0v) is 9.44. The van der Waals surface area contributed by atoms with Gasteiger partial charge in [0, 0.05) is 18.1 Å². The molecule has 1 rings (SSSR count). The summed E-state index contributed by atoms with van der Waals surface area (Å²) in [6, 6.07) is 0. The lowest BCUT2D eigenvalue weighted by Gasteiger charge is -2.22. The van der Waals surface area contributed by atoms with Gasteiger partial charge in [-0.15, -0.1) is 0 Å². The highest BCUT2D eigenvalue weighted by atomic mass is 32.2. The summed E-state index contributed by atoms with van der Waals surface area (Å²) in [4.78, 5) is 0. The van der Waals surface area contributed by atoms with Crippen LogP contribution in [0.25, 0.3) is 0 Å². The Morgan fingerprint density at radius 3 is 3.08 bits per heavy atom. The Bertz CT molecular complexity index is 124. The molecule has 2 atom stereocenters. The van der Waals surface area contributed by atoms with Crippen LogP contribution in [0.3, 0.4) is 0 Å². The van der Waals surface area contributed by atoms with Crippen molar-refractivity contribution in [3.63, 3.8) is 0 Å². The van der Waals surface area contributed by atoms with E-state index in [4.69, 9.17) is 9.47 Å². The minimum absolute atomic E-state index is 0.399. The Kier molecular flexibility index (Phi) is 5.83. The second kappa shape index (κ2) is 6.68. The van der Waals surface area contributed by atoms with Crippen molar-refractivity contribution in [3.8, 4) is 0 Å². The Balaban J connectivity index is 1.98. The van der Waals surface area contributed by atoms with Gasteiger partial charge in [-0.1, -0.05) is 6.92 Å². The molecule has 0 bridgehead atoms. The summed E-state index contributed by atoms with van der Waals surface area (Å²) in [7, 11) is 0. The summed E-state index contributed by atoms with van der Waals surface area (Å²) in [5.41, 5.74) is 0. The molecule has 0 spiro atoms. The minimum atomic E-state index is 0.399. The van der Waals surface area contributed by atoms with Gasteiger partial charge in [0.1, 0.15) is 0 Å². The standard InChI is InChI=1S/C10H20O2S/c1-3-9(2)11-5-4-10-8-13-7-6-12-10/h9-10H,3-8H2,1-2H3. The molecule has 0 N–H and O–H groups in total. The van der Waals surface area contributed by atoms with Gasteiger partial charge in [0.15, 0.2) is 0 Å². The fraction of sp³-hybridized carbons (Fsp3) is 1.00. The molecule has 0 amide bonds. The molecule has 0 aliphatic carbocycles. The van der Waals surface area contributed by atoms with E-state index in [-0.39, 0.29) is 0 Å². The van der Waals surface area contributed by atoms with E-state index < -0.39 is 0 Å². The van der Waals surface area contributed by atoms with Crippen molar-refractivity contribution in [1.29, 1.82) is 0 Å². The van der Waals surface area contributed by atoms with E-state index in [1.165, 1.54) is 0 Å². The predicted molar refractivity (Wildman–Crippen MR) is 57.4 cm³/mol. The van der Waals surface area contributed by atoms with Gasteiger partial charge in [-0.25, -0.2) is 0 Å². The Morgan fingerprint density at radius 2 is 2.46 bits per heavy atom. The van der Waals surface area contributed by atoms with Gasteiger partial charge >= 0.3 is 0 Å². The number of thioether (sulfide) groups is 1. The molecular weight excluding hydrogens is 184 g/mol. The highest BCUT2D eigenvalue weighted by Gasteiger charge is 2.13. The number of ether oxygens (including phenoxy) is 2. The molecule has 1 saturated heterocycles. The quantitative estimate of drug-likeness (QED) is 0.685. The van der Waals surface area contributed by atoms with Gasteiger partial charge in [-0.2, -0.15) is 11.8 Å².